The molecule has 0 atom stereocenters. The number of benzene rings is 3. The first-order valence-electron chi connectivity index (χ1n) is 9.68. The summed E-state index contributed by atoms with van der Waals surface area (Å²) in [5.41, 5.74) is 3.99. The number of rotatable bonds is 7. The maximum atomic E-state index is 12.9. The fourth-order valence-corrected chi connectivity index (χ4v) is 3.66. The summed E-state index contributed by atoms with van der Waals surface area (Å²) in [4.78, 5) is 25.3. The quantitative estimate of drug-likeness (QED) is 0.571. The standard InChI is InChI=1S/C24H20ClNO5/c1-15-11-16(5-10-21(15)31-14-23(27)28)13-30-22-4-2-3-19-20(22)12-26(24(19)29)18-8-6-17(25)7-9-18/h2-11H,12-14H2,1H3,(H,27,28). The zero-order valence-corrected chi connectivity index (χ0v) is 17.6. The first-order valence-corrected chi connectivity index (χ1v) is 10.1. The fourth-order valence-electron chi connectivity index (χ4n) is 3.53. The number of aryl methyl sites for hydroxylation is 1. The molecule has 0 bridgehead atoms. The number of carbonyl (C=O) groups is 2. The molecule has 0 saturated carbocycles. The van der Waals surface area contributed by atoms with Crippen LogP contribution in [0.25, 0.3) is 0 Å². The maximum absolute atomic E-state index is 12.9. The Labute approximate surface area is 184 Å². The minimum Gasteiger partial charge on any atom is -0.489 e. The molecule has 31 heavy (non-hydrogen) atoms. The van der Waals surface area contributed by atoms with E-state index in [1.807, 2.05) is 43.3 Å². The summed E-state index contributed by atoms with van der Waals surface area (Å²) in [7, 11) is 0. The Balaban J connectivity index is 1.48. The van der Waals surface area contributed by atoms with Crippen LogP contribution >= 0.6 is 11.6 Å². The Bertz CT molecular complexity index is 1140. The number of hydrogen-bond acceptors (Lipinski definition) is 4. The Morgan fingerprint density at radius 2 is 1.84 bits per heavy atom. The molecule has 1 aliphatic heterocycles. The van der Waals surface area contributed by atoms with Crippen LogP contribution in [0.5, 0.6) is 11.5 Å². The van der Waals surface area contributed by atoms with Gasteiger partial charge >= 0.3 is 5.97 Å². The number of nitrogens with zero attached hydrogens (tertiary/aromatic N) is 1. The topological polar surface area (TPSA) is 76.1 Å². The van der Waals surface area contributed by atoms with E-state index in [4.69, 9.17) is 26.2 Å². The summed E-state index contributed by atoms with van der Waals surface area (Å²) in [6, 6.07) is 18.1. The van der Waals surface area contributed by atoms with E-state index in [-0.39, 0.29) is 12.5 Å². The molecule has 0 unspecified atom stereocenters. The van der Waals surface area contributed by atoms with E-state index in [9.17, 15) is 9.59 Å². The van der Waals surface area contributed by atoms with E-state index < -0.39 is 5.97 Å². The molecule has 0 fully saturated rings. The van der Waals surface area contributed by atoms with E-state index >= 15 is 0 Å². The molecule has 1 aliphatic rings. The summed E-state index contributed by atoms with van der Waals surface area (Å²) in [5, 5.41) is 9.37. The summed E-state index contributed by atoms with van der Waals surface area (Å²) < 4.78 is 11.3. The van der Waals surface area contributed by atoms with E-state index in [0.29, 0.717) is 35.2 Å². The van der Waals surface area contributed by atoms with Gasteiger partial charge in [-0.25, -0.2) is 4.79 Å². The SMILES string of the molecule is Cc1cc(COc2cccc3c2CN(c2ccc(Cl)cc2)C3=O)ccc1OCC(=O)O. The lowest BCUT2D eigenvalue weighted by Crippen LogP contribution is -2.22. The Kier molecular flexibility index (Phi) is 5.82. The van der Waals surface area contributed by atoms with E-state index in [1.54, 1.807) is 29.2 Å². The molecule has 7 heteroatoms. The van der Waals surface area contributed by atoms with Crippen LogP contribution < -0.4 is 14.4 Å². The second-order valence-electron chi connectivity index (χ2n) is 7.22. The third-order valence-corrected chi connectivity index (χ3v) is 5.30. The monoisotopic (exact) mass is 437 g/mol. The van der Waals surface area contributed by atoms with Gasteiger partial charge in [-0.3, -0.25) is 4.79 Å². The highest BCUT2D eigenvalue weighted by Crippen LogP contribution is 2.35. The molecular weight excluding hydrogens is 418 g/mol. The van der Waals surface area contributed by atoms with Crippen molar-refractivity contribution in [2.45, 2.75) is 20.1 Å². The molecule has 6 nitrogen and oxygen atoms in total. The van der Waals surface area contributed by atoms with Gasteiger partial charge in [0.1, 0.15) is 18.1 Å². The first-order chi connectivity index (χ1) is 14.9. The van der Waals surface area contributed by atoms with Crippen molar-refractivity contribution in [3.05, 3.63) is 87.9 Å². The van der Waals surface area contributed by atoms with Gasteiger partial charge < -0.3 is 19.5 Å². The molecule has 0 spiro atoms. The van der Waals surface area contributed by atoms with Gasteiger partial charge in [0.15, 0.2) is 6.61 Å². The lowest BCUT2D eigenvalue weighted by molar-refractivity contribution is -0.139. The van der Waals surface area contributed by atoms with Gasteiger partial charge in [-0.2, -0.15) is 0 Å². The lowest BCUT2D eigenvalue weighted by Gasteiger charge is -2.16. The van der Waals surface area contributed by atoms with E-state index in [1.165, 1.54) is 0 Å². The number of anilines is 1. The summed E-state index contributed by atoms with van der Waals surface area (Å²) >= 11 is 5.96. The molecule has 1 N–H and O–H groups in total. The Morgan fingerprint density at radius 1 is 1.06 bits per heavy atom. The number of amides is 1. The Hall–Kier alpha value is -3.51. The molecule has 158 valence electrons. The van der Waals surface area contributed by atoms with Crippen LogP contribution in [0.15, 0.2) is 60.7 Å². The van der Waals surface area contributed by atoms with Crippen LogP contribution in [0, 0.1) is 6.92 Å². The molecule has 4 rings (SSSR count). The van der Waals surface area contributed by atoms with Gasteiger partial charge in [0.2, 0.25) is 0 Å². The fraction of sp³-hybridized carbons (Fsp3) is 0.167. The van der Waals surface area contributed by atoms with E-state index in [0.717, 1.165) is 22.4 Å². The largest absolute Gasteiger partial charge is 0.489 e. The van der Waals surface area contributed by atoms with Crippen molar-refractivity contribution in [2.24, 2.45) is 0 Å². The number of halogens is 1. The normalized spacial score (nSPS) is 12.6. The van der Waals surface area contributed by atoms with Gasteiger partial charge in [-0.1, -0.05) is 23.7 Å². The minimum absolute atomic E-state index is 0.0708. The number of carboxylic acids is 1. The molecule has 3 aromatic carbocycles. The highest BCUT2D eigenvalue weighted by molar-refractivity contribution is 6.30. The predicted molar refractivity (Wildman–Crippen MR) is 117 cm³/mol. The lowest BCUT2D eigenvalue weighted by atomic mass is 10.1. The first kappa shape index (κ1) is 20.8. The zero-order chi connectivity index (χ0) is 22.0. The summed E-state index contributed by atoms with van der Waals surface area (Å²) in [5.74, 6) is 0.0904. The van der Waals surface area contributed by atoms with Gasteiger partial charge in [0, 0.05) is 21.8 Å². The third kappa shape index (κ3) is 4.49. The molecular formula is C24H20ClNO5. The second-order valence-corrected chi connectivity index (χ2v) is 7.66. The Morgan fingerprint density at radius 3 is 2.55 bits per heavy atom. The predicted octanol–water partition coefficient (Wildman–Crippen LogP) is 4.85. The van der Waals surface area contributed by atoms with Crippen LogP contribution in [-0.4, -0.2) is 23.6 Å². The van der Waals surface area contributed by atoms with Crippen molar-refractivity contribution in [1.82, 2.24) is 0 Å². The number of ether oxygens (including phenoxy) is 2. The third-order valence-electron chi connectivity index (χ3n) is 5.05. The number of aliphatic carboxylic acids is 1. The van der Waals surface area contributed by atoms with Crippen molar-refractivity contribution in [2.75, 3.05) is 11.5 Å². The van der Waals surface area contributed by atoms with Gasteiger partial charge in [-0.15, -0.1) is 0 Å². The van der Waals surface area contributed by atoms with Crippen LogP contribution in [0.1, 0.15) is 27.0 Å². The van der Waals surface area contributed by atoms with Gasteiger partial charge in [0.25, 0.3) is 5.91 Å². The highest BCUT2D eigenvalue weighted by atomic mass is 35.5. The van der Waals surface area contributed by atoms with Crippen molar-refractivity contribution < 1.29 is 24.2 Å². The smallest absolute Gasteiger partial charge is 0.341 e. The summed E-state index contributed by atoms with van der Waals surface area (Å²) in [6.45, 7) is 2.20. The number of fused-ring (bicyclic) bond motifs is 1. The number of hydrogen-bond donors (Lipinski definition) is 1. The highest BCUT2D eigenvalue weighted by Gasteiger charge is 2.31. The van der Waals surface area contributed by atoms with Crippen molar-refractivity contribution in [1.29, 1.82) is 0 Å². The van der Waals surface area contributed by atoms with Crippen LogP contribution in [0.4, 0.5) is 5.69 Å². The molecule has 0 aromatic heterocycles. The number of carboxylic acid groups (broad SMARTS) is 1. The summed E-state index contributed by atoms with van der Waals surface area (Å²) in [6.07, 6.45) is 0. The second kappa shape index (κ2) is 8.70. The molecule has 0 radical (unpaired) electrons. The molecule has 0 saturated heterocycles. The molecule has 1 amide bonds. The molecule has 1 heterocycles. The van der Waals surface area contributed by atoms with Crippen LogP contribution in [0.2, 0.25) is 5.02 Å². The minimum atomic E-state index is -1.02. The van der Waals surface area contributed by atoms with Gasteiger partial charge in [0.05, 0.1) is 6.54 Å². The average molecular weight is 438 g/mol. The molecule has 3 aromatic rings. The van der Waals surface area contributed by atoms with Crippen molar-refractivity contribution in [3.8, 4) is 11.5 Å². The molecule has 0 aliphatic carbocycles. The van der Waals surface area contributed by atoms with Crippen molar-refractivity contribution in [3.63, 3.8) is 0 Å². The van der Waals surface area contributed by atoms with Gasteiger partial charge in [-0.05, 0) is 66.6 Å². The van der Waals surface area contributed by atoms with Crippen LogP contribution in [0.3, 0.4) is 0 Å². The number of carbonyl (C=O) groups excluding carboxylic acids is 1. The maximum Gasteiger partial charge on any atom is 0.341 e. The van der Waals surface area contributed by atoms with E-state index in [2.05, 4.69) is 0 Å². The average Bonchev–Trinajstić information content (AvgIpc) is 3.09. The zero-order valence-electron chi connectivity index (χ0n) is 16.8. The van der Waals surface area contributed by atoms with Crippen LogP contribution in [-0.2, 0) is 17.9 Å². The van der Waals surface area contributed by atoms with Crippen molar-refractivity contribution >= 4 is 29.2 Å².